The number of hydrogen-bond donors (Lipinski definition) is 2. The van der Waals surface area contributed by atoms with E-state index < -0.39 is 10.3 Å². The molecule has 0 aliphatic rings. The van der Waals surface area contributed by atoms with E-state index in [1.807, 2.05) is 0 Å². The Morgan fingerprint density at radius 1 is 1.50 bits per heavy atom. The molecule has 0 rings (SSSR count). The SMILES string of the molecule is Br.NS(=O)(=O)O. The summed E-state index contributed by atoms with van der Waals surface area (Å²) in [6.45, 7) is 0. The zero-order chi connectivity index (χ0) is 4.50. The zero-order valence-electron chi connectivity index (χ0n) is 2.66. The average molecular weight is 178 g/mol. The molecular formula is H4BrNO3S. The van der Waals surface area contributed by atoms with Crippen molar-refractivity contribution in [2.45, 2.75) is 0 Å². The van der Waals surface area contributed by atoms with Crippen molar-refractivity contribution in [2.75, 3.05) is 0 Å². The van der Waals surface area contributed by atoms with Gasteiger partial charge in [0.25, 0.3) is 0 Å². The highest BCUT2D eigenvalue weighted by Gasteiger charge is 1.81. The van der Waals surface area contributed by atoms with Gasteiger partial charge in [0.1, 0.15) is 0 Å². The van der Waals surface area contributed by atoms with Gasteiger partial charge in [-0.05, 0) is 0 Å². The second-order valence-electron chi connectivity index (χ2n) is 0.515. The molecule has 0 amide bonds. The molecule has 4 nitrogen and oxygen atoms in total. The first-order chi connectivity index (χ1) is 2.00. The highest BCUT2D eigenvalue weighted by molar-refractivity contribution is 8.93. The Kier molecular flexibility index (Phi) is 4.02. The fourth-order valence-corrected chi connectivity index (χ4v) is 0. The predicted octanol–water partition coefficient (Wildman–Crippen LogP) is -0.674. The standard InChI is InChI=1S/BrH.H3NO3S/c;1-5(2,3)4/h1H;(H3,1,2,3,4). The van der Waals surface area contributed by atoms with E-state index in [2.05, 4.69) is 5.14 Å². The van der Waals surface area contributed by atoms with Crippen molar-refractivity contribution in [3.8, 4) is 0 Å². The molecule has 0 saturated heterocycles. The molecule has 6 heteroatoms. The van der Waals surface area contributed by atoms with Crippen molar-refractivity contribution in [2.24, 2.45) is 5.14 Å². The molecule has 0 aromatic heterocycles. The molecule has 0 aliphatic heterocycles. The minimum atomic E-state index is -4.17. The summed E-state index contributed by atoms with van der Waals surface area (Å²) in [6.07, 6.45) is 0. The van der Waals surface area contributed by atoms with E-state index in [0.29, 0.717) is 0 Å². The Hall–Kier alpha value is 0.350. The van der Waals surface area contributed by atoms with Gasteiger partial charge in [-0.1, -0.05) is 0 Å². The van der Waals surface area contributed by atoms with Gasteiger partial charge in [0.05, 0.1) is 0 Å². The quantitative estimate of drug-likeness (QED) is 0.482. The average Bonchev–Trinajstić information content (AvgIpc) is 0.722. The first kappa shape index (κ1) is 9.61. The molecule has 0 aliphatic carbocycles. The van der Waals surface area contributed by atoms with Crippen LogP contribution in [-0.4, -0.2) is 13.0 Å². The lowest BCUT2D eigenvalue weighted by Crippen LogP contribution is -2.08. The Bertz CT molecular complexity index is 94.0. The number of nitrogens with two attached hydrogens (primary N) is 1. The summed E-state index contributed by atoms with van der Waals surface area (Å²) in [4.78, 5) is 0. The number of halogens is 1. The Balaban J connectivity index is 0. The van der Waals surface area contributed by atoms with Crippen molar-refractivity contribution >= 4 is 27.3 Å². The van der Waals surface area contributed by atoms with E-state index in [0.717, 1.165) is 0 Å². The minimum Gasteiger partial charge on any atom is -0.274 e. The van der Waals surface area contributed by atoms with E-state index >= 15 is 0 Å². The molecule has 0 aromatic carbocycles. The van der Waals surface area contributed by atoms with Gasteiger partial charge < -0.3 is 0 Å². The Morgan fingerprint density at radius 3 is 1.50 bits per heavy atom. The molecule has 0 bridgehead atoms. The van der Waals surface area contributed by atoms with E-state index in [9.17, 15) is 0 Å². The Labute approximate surface area is 46.0 Å². The lowest BCUT2D eigenvalue weighted by atomic mass is 13.9. The van der Waals surface area contributed by atoms with Gasteiger partial charge in [-0.2, -0.15) is 8.42 Å². The molecule has 40 valence electrons. The van der Waals surface area contributed by atoms with Gasteiger partial charge in [0.2, 0.25) is 0 Å². The second-order valence-corrected chi connectivity index (χ2v) is 1.54. The van der Waals surface area contributed by atoms with E-state index in [1.165, 1.54) is 0 Å². The third-order valence-corrected chi connectivity index (χ3v) is 0. The maximum absolute atomic E-state index is 8.97. The summed E-state index contributed by atoms with van der Waals surface area (Å²) in [5.41, 5.74) is 0. The highest BCUT2D eigenvalue weighted by Crippen LogP contribution is 1.50. The van der Waals surface area contributed by atoms with Gasteiger partial charge in [-0.3, -0.25) is 4.55 Å². The van der Waals surface area contributed by atoms with Crippen LogP contribution in [0.5, 0.6) is 0 Å². The molecule has 6 heavy (non-hydrogen) atoms. The maximum atomic E-state index is 8.97. The largest absolute Gasteiger partial charge is 0.330 e. The first-order valence-electron chi connectivity index (χ1n) is 0.752. The van der Waals surface area contributed by atoms with Crippen molar-refractivity contribution in [1.29, 1.82) is 0 Å². The molecule has 0 aromatic rings. The summed E-state index contributed by atoms with van der Waals surface area (Å²) in [6, 6.07) is 0. The van der Waals surface area contributed by atoms with Crippen LogP contribution >= 0.6 is 17.0 Å². The monoisotopic (exact) mass is 177 g/mol. The van der Waals surface area contributed by atoms with E-state index in [-0.39, 0.29) is 17.0 Å². The second kappa shape index (κ2) is 2.51. The summed E-state index contributed by atoms with van der Waals surface area (Å²) >= 11 is 0. The van der Waals surface area contributed by atoms with Crippen molar-refractivity contribution < 1.29 is 13.0 Å². The van der Waals surface area contributed by atoms with Crippen molar-refractivity contribution in [3.05, 3.63) is 0 Å². The lowest BCUT2D eigenvalue weighted by molar-refractivity contribution is 0.485. The molecule has 3 N–H and O–H groups in total. The van der Waals surface area contributed by atoms with Crippen LogP contribution in [-0.2, 0) is 10.3 Å². The maximum Gasteiger partial charge on any atom is 0.330 e. The van der Waals surface area contributed by atoms with Crippen LogP contribution in [0, 0.1) is 0 Å². The van der Waals surface area contributed by atoms with Crippen LogP contribution in [0.3, 0.4) is 0 Å². The van der Waals surface area contributed by atoms with Gasteiger partial charge in [0.15, 0.2) is 0 Å². The fraction of sp³-hybridized carbons (Fsp3) is 0. The minimum absolute atomic E-state index is 0. The van der Waals surface area contributed by atoms with Crippen LogP contribution in [0.4, 0.5) is 0 Å². The molecule has 0 fully saturated rings. The highest BCUT2D eigenvalue weighted by atomic mass is 79.9. The van der Waals surface area contributed by atoms with Crippen LogP contribution in [0.1, 0.15) is 0 Å². The molecule has 0 saturated carbocycles. The summed E-state index contributed by atoms with van der Waals surface area (Å²) in [5.74, 6) is 0. The Morgan fingerprint density at radius 2 is 1.50 bits per heavy atom. The van der Waals surface area contributed by atoms with Crippen LogP contribution in [0.15, 0.2) is 0 Å². The molecule has 0 unspecified atom stereocenters. The van der Waals surface area contributed by atoms with Gasteiger partial charge in [-0.15, -0.1) is 17.0 Å². The summed E-state index contributed by atoms with van der Waals surface area (Å²) < 4.78 is 25.2. The topological polar surface area (TPSA) is 80.4 Å². The third kappa shape index (κ3) is 399. The predicted molar refractivity (Wildman–Crippen MR) is 26.1 cm³/mol. The molecule has 0 radical (unpaired) electrons. The fourth-order valence-electron chi connectivity index (χ4n) is 0. The van der Waals surface area contributed by atoms with Gasteiger partial charge in [0, 0.05) is 0 Å². The van der Waals surface area contributed by atoms with Crippen LogP contribution in [0.2, 0.25) is 0 Å². The van der Waals surface area contributed by atoms with E-state index in [1.54, 1.807) is 0 Å². The molecule has 0 atom stereocenters. The number of rotatable bonds is 0. The van der Waals surface area contributed by atoms with Crippen molar-refractivity contribution in [1.82, 2.24) is 0 Å². The normalized spacial score (nSPS) is 9.67. The van der Waals surface area contributed by atoms with Crippen molar-refractivity contribution in [3.63, 3.8) is 0 Å². The lowest BCUT2D eigenvalue weighted by Gasteiger charge is -1.70. The third-order valence-electron chi connectivity index (χ3n) is 0. The number of hydrogen-bond acceptors (Lipinski definition) is 2. The van der Waals surface area contributed by atoms with Gasteiger partial charge in [-0.25, -0.2) is 5.14 Å². The molecule has 0 heterocycles. The molecular weight excluding hydrogens is 174 g/mol. The van der Waals surface area contributed by atoms with E-state index in [4.69, 9.17) is 13.0 Å². The zero-order valence-corrected chi connectivity index (χ0v) is 5.19. The van der Waals surface area contributed by atoms with Crippen LogP contribution < -0.4 is 5.14 Å². The van der Waals surface area contributed by atoms with Crippen LogP contribution in [0.25, 0.3) is 0 Å². The summed E-state index contributed by atoms with van der Waals surface area (Å²) in [5, 5.41) is 3.88. The molecule has 0 spiro atoms. The van der Waals surface area contributed by atoms with Gasteiger partial charge >= 0.3 is 10.3 Å². The first-order valence-corrected chi connectivity index (χ1v) is 2.25. The smallest absolute Gasteiger partial charge is 0.274 e. The summed E-state index contributed by atoms with van der Waals surface area (Å²) in [7, 11) is -4.17.